The fourth-order valence-electron chi connectivity index (χ4n) is 4.67. The van der Waals surface area contributed by atoms with Gasteiger partial charge in [0.1, 0.15) is 0 Å². The molecule has 2 aliphatic heterocycles. The summed E-state index contributed by atoms with van der Waals surface area (Å²) in [7, 11) is 0. The topological polar surface area (TPSA) is 32.3 Å². The van der Waals surface area contributed by atoms with Gasteiger partial charge in [0.25, 0.3) is 0 Å². The number of nitrogens with zero attached hydrogens (tertiary/aromatic N) is 1. The minimum Gasteiger partial charge on any atom is -0.342 e. The molecular weight excluding hydrogens is 343 g/mol. The van der Waals surface area contributed by atoms with Crippen LogP contribution in [0.2, 0.25) is 10.0 Å². The van der Waals surface area contributed by atoms with E-state index in [9.17, 15) is 4.79 Å². The molecule has 5 heteroatoms. The van der Waals surface area contributed by atoms with Crippen LogP contribution in [0, 0.1) is 11.8 Å². The number of hydrogen-bond donors (Lipinski definition) is 1. The van der Waals surface area contributed by atoms with Gasteiger partial charge in [-0.2, -0.15) is 0 Å². The molecule has 4 rings (SSSR count). The van der Waals surface area contributed by atoms with Crippen LogP contribution in [0.1, 0.15) is 37.7 Å². The monoisotopic (exact) mass is 366 g/mol. The summed E-state index contributed by atoms with van der Waals surface area (Å²) >= 11 is 12.3. The number of nitrogens with one attached hydrogen (secondary N) is 1. The molecule has 0 unspecified atom stereocenters. The third-order valence-electron chi connectivity index (χ3n) is 6.40. The Morgan fingerprint density at radius 2 is 1.75 bits per heavy atom. The first-order chi connectivity index (χ1) is 11.6. The molecule has 1 aromatic rings. The third-order valence-corrected chi connectivity index (χ3v) is 7.13. The fourth-order valence-corrected chi connectivity index (χ4v) is 4.97. The zero-order valence-corrected chi connectivity index (χ0v) is 15.4. The van der Waals surface area contributed by atoms with Crippen LogP contribution >= 0.6 is 23.2 Å². The van der Waals surface area contributed by atoms with Crippen LogP contribution in [0.4, 0.5) is 0 Å². The van der Waals surface area contributed by atoms with E-state index in [1.807, 2.05) is 18.2 Å². The summed E-state index contributed by atoms with van der Waals surface area (Å²) in [4.78, 5) is 15.5. The minimum absolute atomic E-state index is 0.306. The van der Waals surface area contributed by atoms with E-state index in [4.69, 9.17) is 23.2 Å². The Labute approximate surface area is 153 Å². The molecule has 0 spiro atoms. The summed E-state index contributed by atoms with van der Waals surface area (Å²) in [5, 5.41) is 4.59. The molecule has 1 saturated carbocycles. The summed E-state index contributed by atoms with van der Waals surface area (Å²) in [5.74, 6) is 1.79. The average molecular weight is 367 g/mol. The maximum atomic E-state index is 13.4. The molecule has 0 aromatic heterocycles. The third kappa shape index (κ3) is 2.75. The molecule has 130 valence electrons. The standard InChI is InChI=1S/C19H24Cl2N2O/c20-16-3-2-15(10-17(16)21)19(6-1-7-19)18(24)23-8-4-13-11-22-12-14(13)5-9-23/h2-3,10,13-14,22H,1,4-9,11-12H2/t13-,14+. The lowest BCUT2D eigenvalue weighted by Crippen LogP contribution is -2.51. The van der Waals surface area contributed by atoms with Crippen LogP contribution in [0.5, 0.6) is 0 Å². The maximum absolute atomic E-state index is 13.4. The largest absolute Gasteiger partial charge is 0.342 e. The van der Waals surface area contributed by atoms with E-state index < -0.39 is 0 Å². The van der Waals surface area contributed by atoms with Crippen molar-refractivity contribution in [2.75, 3.05) is 26.2 Å². The average Bonchev–Trinajstić information content (AvgIpc) is 2.88. The van der Waals surface area contributed by atoms with Crippen LogP contribution in [0.3, 0.4) is 0 Å². The predicted molar refractivity (Wildman–Crippen MR) is 97.7 cm³/mol. The van der Waals surface area contributed by atoms with Gasteiger partial charge >= 0.3 is 0 Å². The highest BCUT2D eigenvalue weighted by Gasteiger charge is 2.48. The van der Waals surface area contributed by atoms with Crippen molar-refractivity contribution >= 4 is 29.1 Å². The lowest BCUT2D eigenvalue weighted by Gasteiger charge is -2.44. The molecule has 3 aliphatic rings. The van der Waals surface area contributed by atoms with Crippen LogP contribution in [-0.4, -0.2) is 37.0 Å². The highest BCUT2D eigenvalue weighted by atomic mass is 35.5. The molecule has 3 nitrogen and oxygen atoms in total. The van der Waals surface area contributed by atoms with Gasteiger partial charge < -0.3 is 10.2 Å². The Balaban J connectivity index is 1.56. The number of carbonyl (C=O) groups excluding carboxylic acids is 1. The van der Waals surface area contributed by atoms with Crippen molar-refractivity contribution in [1.29, 1.82) is 0 Å². The van der Waals surface area contributed by atoms with Gasteiger partial charge in [0, 0.05) is 13.1 Å². The molecule has 2 atom stereocenters. The molecule has 1 N–H and O–H groups in total. The maximum Gasteiger partial charge on any atom is 0.233 e. The van der Waals surface area contributed by atoms with Gasteiger partial charge in [0.15, 0.2) is 0 Å². The summed E-state index contributed by atoms with van der Waals surface area (Å²) in [6.45, 7) is 4.02. The summed E-state index contributed by atoms with van der Waals surface area (Å²) in [5.41, 5.74) is 0.672. The number of fused-ring (bicyclic) bond motifs is 1. The highest BCUT2D eigenvalue weighted by Crippen LogP contribution is 2.47. The molecule has 2 saturated heterocycles. The molecule has 1 aromatic carbocycles. The molecule has 1 aliphatic carbocycles. The van der Waals surface area contributed by atoms with Gasteiger partial charge in [-0.15, -0.1) is 0 Å². The Kier molecular flexibility index (Phi) is 4.53. The first-order valence-electron chi connectivity index (χ1n) is 9.06. The van der Waals surface area contributed by atoms with Gasteiger partial charge in [0.05, 0.1) is 15.5 Å². The molecule has 1 amide bonds. The Morgan fingerprint density at radius 1 is 1.08 bits per heavy atom. The number of rotatable bonds is 2. The SMILES string of the molecule is O=C(N1CC[C@@H]2CNC[C@@H]2CC1)C1(c2ccc(Cl)c(Cl)c2)CCC1. The minimum atomic E-state index is -0.369. The second-order valence-corrected chi connectivity index (χ2v) is 8.43. The number of benzene rings is 1. The van der Waals surface area contributed by atoms with Gasteiger partial charge in [0.2, 0.25) is 5.91 Å². The van der Waals surface area contributed by atoms with Crippen LogP contribution in [0.15, 0.2) is 18.2 Å². The summed E-state index contributed by atoms with van der Waals surface area (Å²) < 4.78 is 0. The molecule has 2 heterocycles. The smallest absolute Gasteiger partial charge is 0.233 e. The van der Waals surface area contributed by atoms with Crippen molar-refractivity contribution in [1.82, 2.24) is 10.2 Å². The highest BCUT2D eigenvalue weighted by molar-refractivity contribution is 6.42. The number of halogens is 2. The molecule has 3 fully saturated rings. The summed E-state index contributed by atoms with van der Waals surface area (Å²) in [6.07, 6.45) is 5.21. The number of hydrogen-bond acceptors (Lipinski definition) is 2. The quantitative estimate of drug-likeness (QED) is 0.861. The normalized spacial score (nSPS) is 28.8. The van der Waals surface area contributed by atoms with Crippen molar-refractivity contribution in [3.05, 3.63) is 33.8 Å². The zero-order chi connectivity index (χ0) is 16.7. The molecule has 24 heavy (non-hydrogen) atoms. The summed E-state index contributed by atoms with van der Waals surface area (Å²) in [6, 6.07) is 5.71. The second kappa shape index (κ2) is 6.51. The first kappa shape index (κ1) is 16.7. The number of likely N-dealkylation sites (tertiary alicyclic amines) is 1. The zero-order valence-electron chi connectivity index (χ0n) is 13.9. The van der Waals surface area contributed by atoms with Crippen LogP contribution < -0.4 is 5.32 Å². The lowest BCUT2D eigenvalue weighted by molar-refractivity contribution is -0.141. The van der Waals surface area contributed by atoms with Crippen LogP contribution in [-0.2, 0) is 10.2 Å². The Hall–Kier alpha value is -0.770. The van der Waals surface area contributed by atoms with Crippen molar-refractivity contribution in [3.63, 3.8) is 0 Å². The van der Waals surface area contributed by atoms with Gasteiger partial charge in [-0.25, -0.2) is 0 Å². The first-order valence-corrected chi connectivity index (χ1v) is 9.81. The van der Waals surface area contributed by atoms with Gasteiger partial charge in [-0.05, 0) is 68.3 Å². The van der Waals surface area contributed by atoms with E-state index in [2.05, 4.69) is 10.2 Å². The second-order valence-electron chi connectivity index (χ2n) is 7.61. The fraction of sp³-hybridized carbons (Fsp3) is 0.632. The van der Waals surface area contributed by atoms with E-state index in [1.165, 1.54) is 0 Å². The van der Waals surface area contributed by atoms with E-state index >= 15 is 0 Å². The van der Waals surface area contributed by atoms with E-state index in [-0.39, 0.29) is 5.41 Å². The van der Waals surface area contributed by atoms with Crippen molar-refractivity contribution < 1.29 is 4.79 Å². The van der Waals surface area contributed by atoms with Gasteiger partial charge in [-0.1, -0.05) is 35.7 Å². The molecule has 0 radical (unpaired) electrons. The molecular formula is C19H24Cl2N2O. The lowest BCUT2D eigenvalue weighted by atomic mass is 9.63. The Bertz CT molecular complexity index is 630. The predicted octanol–water partition coefficient (Wildman–Crippen LogP) is 3.87. The number of carbonyl (C=O) groups is 1. The van der Waals surface area contributed by atoms with Gasteiger partial charge in [-0.3, -0.25) is 4.79 Å². The van der Waals surface area contributed by atoms with Crippen molar-refractivity contribution in [2.45, 2.75) is 37.5 Å². The van der Waals surface area contributed by atoms with E-state index in [0.29, 0.717) is 16.0 Å². The molecule has 0 bridgehead atoms. The van der Waals surface area contributed by atoms with Crippen molar-refractivity contribution in [2.24, 2.45) is 11.8 Å². The van der Waals surface area contributed by atoms with Crippen LogP contribution in [0.25, 0.3) is 0 Å². The Morgan fingerprint density at radius 3 is 2.29 bits per heavy atom. The van der Waals surface area contributed by atoms with Crippen molar-refractivity contribution in [3.8, 4) is 0 Å². The van der Waals surface area contributed by atoms with E-state index in [1.54, 1.807) is 0 Å². The number of amides is 1. The van der Waals surface area contributed by atoms with E-state index in [0.717, 1.165) is 75.7 Å².